The summed E-state index contributed by atoms with van der Waals surface area (Å²) in [5.41, 5.74) is 3.05. The van der Waals surface area contributed by atoms with Crippen LogP contribution in [0.4, 0.5) is 0 Å². The average Bonchev–Trinajstić information content (AvgIpc) is 3.30. The van der Waals surface area contributed by atoms with Gasteiger partial charge in [0.2, 0.25) is 5.79 Å². The van der Waals surface area contributed by atoms with E-state index in [9.17, 15) is 15.0 Å². The topological polar surface area (TPSA) is 116 Å². The second kappa shape index (κ2) is 27.5. The first kappa shape index (κ1) is 52.7. The van der Waals surface area contributed by atoms with Gasteiger partial charge in [0.25, 0.3) is 0 Å². The largest absolute Gasteiger partial charge is 0.496 e. The molecular weight excluding hydrogens is 835 g/mol. The van der Waals surface area contributed by atoms with E-state index in [0.29, 0.717) is 35.8 Å². The lowest BCUT2D eigenvalue weighted by molar-refractivity contribution is -0.223. The zero-order valence-corrected chi connectivity index (χ0v) is 41.5. The van der Waals surface area contributed by atoms with Gasteiger partial charge in [0.15, 0.2) is 6.29 Å². The van der Waals surface area contributed by atoms with Crippen LogP contribution in [0.15, 0.2) is 65.9 Å². The van der Waals surface area contributed by atoms with Gasteiger partial charge in [-0.3, -0.25) is 4.79 Å². The quantitative estimate of drug-likeness (QED) is 0.0320. The first-order valence-electron chi connectivity index (χ1n) is 25.3. The molecule has 2 aromatic rings. The lowest BCUT2D eigenvalue weighted by atomic mass is 9.56. The van der Waals surface area contributed by atoms with Crippen LogP contribution >= 0.6 is 11.8 Å². The second-order valence-corrected chi connectivity index (χ2v) is 20.9. The summed E-state index contributed by atoms with van der Waals surface area (Å²) in [7, 11) is 1.55. The molecular formula is C55H83NO8S. The number of aliphatic hydroxyl groups is 2. The van der Waals surface area contributed by atoms with Crippen molar-refractivity contribution in [1.29, 1.82) is 0 Å². The van der Waals surface area contributed by atoms with Crippen molar-refractivity contribution in [2.45, 2.75) is 185 Å². The smallest absolute Gasteiger partial charge is 0.230 e. The summed E-state index contributed by atoms with van der Waals surface area (Å²) in [6.45, 7) is 13.1. The highest BCUT2D eigenvalue weighted by Gasteiger charge is 2.64. The van der Waals surface area contributed by atoms with Gasteiger partial charge in [-0.05, 0) is 112 Å². The number of oxime groups is 1. The molecule has 3 aliphatic rings. The van der Waals surface area contributed by atoms with E-state index in [-0.39, 0.29) is 42.1 Å². The summed E-state index contributed by atoms with van der Waals surface area (Å²) in [5, 5.41) is 24.8. The molecule has 1 fully saturated rings. The molecule has 0 aromatic heterocycles. The maximum Gasteiger partial charge on any atom is 0.230 e. The third kappa shape index (κ3) is 15.1. The molecule has 0 saturated heterocycles. The van der Waals surface area contributed by atoms with Crippen LogP contribution in [0.5, 0.6) is 23.0 Å². The molecule has 1 heterocycles. The number of carbonyl (C=O) groups excluding carboxylic acids is 1. The van der Waals surface area contributed by atoms with E-state index in [4.69, 9.17) is 28.9 Å². The van der Waals surface area contributed by atoms with Gasteiger partial charge >= 0.3 is 0 Å². The highest BCUT2D eigenvalue weighted by molar-refractivity contribution is 8.00. The van der Waals surface area contributed by atoms with Crippen LogP contribution in [0.1, 0.15) is 184 Å². The monoisotopic (exact) mass is 918 g/mol. The number of aliphatic hydroxyl groups excluding tert-OH is 2. The fourth-order valence-corrected chi connectivity index (χ4v) is 11.7. The Hall–Kier alpha value is -3.31. The van der Waals surface area contributed by atoms with Crippen molar-refractivity contribution >= 4 is 23.8 Å². The van der Waals surface area contributed by atoms with Crippen LogP contribution in [-0.4, -0.2) is 71.5 Å². The lowest BCUT2D eigenvalue weighted by Crippen LogP contribution is -2.64. The Morgan fingerprint density at radius 1 is 0.846 bits per heavy atom. The number of carbonyl (C=O) groups is 1. The van der Waals surface area contributed by atoms with E-state index in [0.717, 1.165) is 79.6 Å². The Labute approximate surface area is 396 Å². The molecule has 6 unspecified atom stereocenters. The van der Waals surface area contributed by atoms with E-state index in [1.165, 1.54) is 83.5 Å². The normalized spacial score (nSPS) is 23.0. The molecule has 2 N–H and O–H groups in total. The summed E-state index contributed by atoms with van der Waals surface area (Å²) >= 11 is 1.95. The van der Waals surface area contributed by atoms with Crippen molar-refractivity contribution < 1.29 is 38.8 Å². The van der Waals surface area contributed by atoms with Crippen molar-refractivity contribution in [2.75, 3.05) is 32.7 Å². The number of hydrogen-bond acceptors (Lipinski definition) is 10. The number of methoxy groups -OCH3 is 1. The Balaban J connectivity index is 1.46. The standard InChI is InChI=1S/C55H83NO8S/c1-7-9-10-11-12-13-14-15-16-17-18-19-20-25-35-65-51-39-48(56-64-54(3,4)5)46-37-41(26-21-23-32-57)45(27-22-24-33-58)52-47-38-44(62-43-28-30-49(60-6)42(36-43)40-59)29-31-50(47)63-55(51,53(46)52)61-34-8-2/h8,28-31,36-38,40-41,45,51-53,57-58H,2,7,9-27,32-35,39H2,1,3-6H3. The number of nitrogens with zero attached hydrogens (tertiary/aromatic N) is 1. The summed E-state index contributed by atoms with van der Waals surface area (Å²) < 4.78 is 26.4. The van der Waals surface area contributed by atoms with E-state index in [1.54, 1.807) is 19.2 Å². The van der Waals surface area contributed by atoms with Gasteiger partial charge in [-0.1, -0.05) is 121 Å². The van der Waals surface area contributed by atoms with Gasteiger partial charge in [0.1, 0.15) is 28.6 Å². The maximum atomic E-state index is 11.9. The molecule has 2 aliphatic carbocycles. The van der Waals surface area contributed by atoms with Crippen LogP contribution in [0.3, 0.4) is 0 Å². The summed E-state index contributed by atoms with van der Waals surface area (Å²) in [5.74, 6) is 2.52. The van der Waals surface area contributed by atoms with Gasteiger partial charge in [-0.2, -0.15) is 11.8 Å². The van der Waals surface area contributed by atoms with Crippen molar-refractivity contribution in [3.63, 3.8) is 0 Å². The number of benzene rings is 2. The Morgan fingerprint density at radius 3 is 2.09 bits per heavy atom. The van der Waals surface area contributed by atoms with Crippen molar-refractivity contribution in [3.8, 4) is 23.0 Å². The van der Waals surface area contributed by atoms with Crippen molar-refractivity contribution in [3.05, 3.63) is 71.8 Å². The molecule has 1 aliphatic heterocycles. The Bertz CT molecular complexity index is 1810. The van der Waals surface area contributed by atoms with Gasteiger partial charge in [0, 0.05) is 31.1 Å². The molecule has 6 atom stereocenters. The first-order valence-corrected chi connectivity index (χ1v) is 26.4. The van der Waals surface area contributed by atoms with E-state index < -0.39 is 11.4 Å². The fraction of sp³-hybridized carbons (Fsp3) is 0.673. The Kier molecular flexibility index (Phi) is 22.3. The highest BCUT2D eigenvalue weighted by Crippen LogP contribution is 2.63. The van der Waals surface area contributed by atoms with Gasteiger partial charge < -0.3 is 34.0 Å². The molecule has 2 aromatic carbocycles. The van der Waals surface area contributed by atoms with Gasteiger partial charge in [-0.15, -0.1) is 6.58 Å². The summed E-state index contributed by atoms with van der Waals surface area (Å²) in [6.07, 6.45) is 29.3. The van der Waals surface area contributed by atoms with Gasteiger partial charge in [-0.25, -0.2) is 0 Å². The number of allylic oxidation sites excluding steroid dienone is 1. The number of fused-ring (bicyclic) bond motifs is 2. The van der Waals surface area contributed by atoms with E-state index in [1.807, 2.05) is 56.8 Å². The molecule has 0 amide bonds. The molecule has 65 heavy (non-hydrogen) atoms. The van der Waals surface area contributed by atoms with Crippen LogP contribution in [0.2, 0.25) is 0 Å². The Morgan fingerprint density at radius 2 is 1.48 bits per heavy atom. The van der Waals surface area contributed by atoms with Crippen LogP contribution < -0.4 is 14.2 Å². The third-order valence-corrected chi connectivity index (χ3v) is 14.9. The summed E-state index contributed by atoms with van der Waals surface area (Å²) in [4.78, 5) is 18.2. The molecule has 0 spiro atoms. The fourth-order valence-electron chi connectivity index (χ4n) is 10.3. The average molecular weight is 918 g/mol. The minimum Gasteiger partial charge on any atom is -0.496 e. The number of hydrogen-bond donors (Lipinski definition) is 2. The van der Waals surface area contributed by atoms with E-state index in [2.05, 4.69) is 25.6 Å². The van der Waals surface area contributed by atoms with Crippen LogP contribution in [0.25, 0.3) is 0 Å². The number of thioether (sulfide) groups is 1. The third-order valence-electron chi connectivity index (χ3n) is 13.4. The number of rotatable bonds is 32. The molecule has 5 rings (SSSR count). The van der Waals surface area contributed by atoms with E-state index >= 15 is 0 Å². The maximum absolute atomic E-state index is 11.9. The molecule has 10 heteroatoms. The lowest BCUT2D eigenvalue weighted by Gasteiger charge is -2.58. The van der Waals surface area contributed by atoms with Crippen LogP contribution in [-0.2, 0) is 9.57 Å². The van der Waals surface area contributed by atoms with Crippen LogP contribution in [0, 0.1) is 17.8 Å². The number of unbranched alkanes of at least 4 members (excludes halogenated alkanes) is 15. The minimum atomic E-state index is -1.01. The molecule has 1 saturated carbocycles. The second-order valence-electron chi connectivity index (χ2n) is 19.5. The number of aldehydes is 1. The zero-order chi connectivity index (χ0) is 46.5. The zero-order valence-electron chi connectivity index (χ0n) is 40.7. The van der Waals surface area contributed by atoms with Crippen molar-refractivity contribution in [2.24, 2.45) is 22.9 Å². The SMILES string of the molecule is C=CCOC12Oc3ccc(Oc4ccc(OC)c(C=O)c4)cc3C3C(CCCCO)C(CCCCO)C=C(C(=NOC(C)(C)C)CC1SCCCCCCCCCCCCCCCC)C32. The highest BCUT2D eigenvalue weighted by atomic mass is 32.2. The predicted molar refractivity (Wildman–Crippen MR) is 267 cm³/mol. The van der Waals surface area contributed by atoms with Gasteiger partial charge in [0.05, 0.1) is 36.2 Å². The first-order chi connectivity index (χ1) is 31.6. The predicted octanol–water partition coefficient (Wildman–Crippen LogP) is 13.9. The number of ether oxygens (including phenoxy) is 4. The molecule has 0 radical (unpaired) electrons. The molecule has 362 valence electrons. The van der Waals surface area contributed by atoms with Crippen molar-refractivity contribution in [1.82, 2.24) is 0 Å². The molecule has 9 nitrogen and oxygen atoms in total. The molecule has 0 bridgehead atoms. The summed E-state index contributed by atoms with van der Waals surface area (Å²) in [6, 6.07) is 11.3. The minimum absolute atomic E-state index is 0.0457.